The van der Waals surface area contributed by atoms with E-state index in [2.05, 4.69) is 15.5 Å². The largest absolute Gasteiger partial charge is 0.443 e. The number of rotatable bonds is 9. The Labute approximate surface area is 212 Å². The zero-order chi connectivity index (χ0) is 24.8. The Morgan fingerprint density at radius 3 is 2.63 bits per heavy atom. The van der Waals surface area contributed by atoms with Gasteiger partial charge in [-0.15, -0.1) is 21.5 Å². The number of aromatic nitrogens is 3. The maximum atomic E-state index is 12.7. The van der Waals surface area contributed by atoms with Gasteiger partial charge >= 0.3 is 6.09 Å². The first-order valence-corrected chi connectivity index (χ1v) is 13.4. The van der Waals surface area contributed by atoms with Crippen molar-refractivity contribution in [2.45, 2.75) is 38.6 Å². The molecule has 3 aromatic rings. The van der Waals surface area contributed by atoms with Gasteiger partial charge in [-0.3, -0.25) is 9.20 Å². The lowest BCUT2D eigenvalue weighted by molar-refractivity contribution is -0.126. The van der Waals surface area contributed by atoms with Crippen LogP contribution in [-0.4, -0.2) is 68.2 Å². The molecule has 1 atom stereocenters. The van der Waals surface area contributed by atoms with Crippen molar-refractivity contribution in [2.24, 2.45) is 5.73 Å². The predicted molar refractivity (Wildman–Crippen MR) is 135 cm³/mol. The quantitative estimate of drug-likeness (QED) is 0.443. The monoisotopic (exact) mass is 518 g/mol. The van der Waals surface area contributed by atoms with Crippen LogP contribution in [0.5, 0.6) is 0 Å². The van der Waals surface area contributed by atoms with E-state index < -0.39 is 11.6 Å². The number of ether oxygens (including phenoxy) is 2. The van der Waals surface area contributed by atoms with Gasteiger partial charge in [-0.2, -0.15) is 11.8 Å². The Morgan fingerprint density at radius 1 is 1.17 bits per heavy atom. The van der Waals surface area contributed by atoms with Crippen molar-refractivity contribution < 1.29 is 19.1 Å². The molecule has 1 aliphatic rings. The van der Waals surface area contributed by atoms with Gasteiger partial charge in [0.2, 0.25) is 10.9 Å². The Bertz CT molecular complexity index is 1140. The molecule has 0 bridgehead atoms. The molecule has 35 heavy (non-hydrogen) atoms. The summed E-state index contributed by atoms with van der Waals surface area (Å²) in [5.74, 6) is 1.98. The molecule has 3 N–H and O–H groups in total. The molecule has 0 saturated carbocycles. The molecule has 3 heterocycles. The zero-order valence-corrected chi connectivity index (χ0v) is 21.4. The lowest BCUT2D eigenvalue weighted by Crippen LogP contribution is -2.51. The third kappa shape index (κ3) is 6.51. The van der Waals surface area contributed by atoms with Crippen molar-refractivity contribution in [1.29, 1.82) is 0 Å². The molecule has 0 aliphatic carbocycles. The Hall–Kier alpha value is -2.67. The van der Waals surface area contributed by atoms with Crippen LogP contribution < -0.4 is 11.1 Å². The van der Waals surface area contributed by atoms with Crippen LogP contribution in [0.1, 0.15) is 37.0 Å². The number of carbonyl (C=O) groups is 2. The minimum absolute atomic E-state index is 0.0709. The minimum atomic E-state index is -1.08. The molecule has 1 saturated heterocycles. The molecule has 188 valence electrons. The fraction of sp³-hybridized carbons (Fsp3) is 0.478. The van der Waals surface area contributed by atoms with Crippen molar-refractivity contribution >= 4 is 40.1 Å². The predicted octanol–water partition coefficient (Wildman–Crippen LogP) is 2.59. The molecular weight excluding hydrogens is 488 g/mol. The number of hydrogen-bond acceptors (Lipinski definition) is 9. The SMILES string of the molecule is CC(C)(N)C(=O)N[C@H](COCc1ccccc1)c1nnc2scc(COC(=O)N3CCSCC3)n12. The average Bonchev–Trinajstić information content (AvgIpc) is 3.45. The van der Waals surface area contributed by atoms with Crippen molar-refractivity contribution in [3.63, 3.8) is 0 Å². The first-order valence-electron chi connectivity index (χ1n) is 11.4. The molecular formula is C23H30N6O4S2. The number of thioether (sulfide) groups is 1. The summed E-state index contributed by atoms with van der Waals surface area (Å²) < 4.78 is 13.3. The van der Waals surface area contributed by atoms with E-state index in [0.717, 1.165) is 22.8 Å². The molecule has 1 fully saturated rings. The highest BCUT2D eigenvalue weighted by Crippen LogP contribution is 2.23. The molecule has 0 spiro atoms. The number of nitrogens with zero attached hydrogens (tertiary/aromatic N) is 4. The van der Waals surface area contributed by atoms with Crippen molar-refractivity contribution in [3.8, 4) is 0 Å². The Morgan fingerprint density at radius 2 is 1.91 bits per heavy atom. The van der Waals surface area contributed by atoms with Crippen LogP contribution in [0.25, 0.3) is 4.96 Å². The zero-order valence-electron chi connectivity index (χ0n) is 19.8. The van der Waals surface area contributed by atoms with E-state index >= 15 is 0 Å². The van der Waals surface area contributed by atoms with Gasteiger partial charge in [0.25, 0.3) is 0 Å². The normalized spacial score (nSPS) is 15.2. The number of carbonyl (C=O) groups excluding carboxylic acids is 2. The van der Waals surface area contributed by atoms with Crippen LogP contribution in [-0.2, 0) is 27.5 Å². The molecule has 10 nitrogen and oxygen atoms in total. The number of benzene rings is 1. The van der Waals surface area contributed by atoms with E-state index in [0.29, 0.717) is 30.5 Å². The molecule has 4 rings (SSSR count). The summed E-state index contributed by atoms with van der Waals surface area (Å²) in [4.78, 5) is 27.6. The van der Waals surface area contributed by atoms with E-state index in [4.69, 9.17) is 15.2 Å². The van der Waals surface area contributed by atoms with Gasteiger partial charge in [0.15, 0.2) is 5.82 Å². The topological polar surface area (TPSA) is 124 Å². The van der Waals surface area contributed by atoms with Gasteiger partial charge in [0.1, 0.15) is 12.6 Å². The van der Waals surface area contributed by atoms with Gasteiger partial charge in [0.05, 0.1) is 24.4 Å². The fourth-order valence-corrected chi connectivity index (χ4v) is 5.21. The van der Waals surface area contributed by atoms with Crippen LogP contribution in [0.15, 0.2) is 35.7 Å². The van der Waals surface area contributed by atoms with Crippen LogP contribution in [0.3, 0.4) is 0 Å². The van der Waals surface area contributed by atoms with Gasteiger partial charge in [-0.05, 0) is 19.4 Å². The molecule has 1 aliphatic heterocycles. The lowest BCUT2D eigenvalue weighted by atomic mass is 10.1. The van der Waals surface area contributed by atoms with Crippen LogP contribution in [0.4, 0.5) is 4.79 Å². The van der Waals surface area contributed by atoms with Gasteiger partial charge < -0.3 is 25.4 Å². The second-order valence-electron chi connectivity index (χ2n) is 8.81. The van der Waals surface area contributed by atoms with Gasteiger partial charge in [0, 0.05) is 30.0 Å². The van der Waals surface area contributed by atoms with Crippen LogP contribution in [0.2, 0.25) is 0 Å². The minimum Gasteiger partial charge on any atom is -0.443 e. The van der Waals surface area contributed by atoms with E-state index in [1.165, 1.54) is 11.3 Å². The summed E-state index contributed by atoms with van der Waals surface area (Å²) >= 11 is 3.22. The summed E-state index contributed by atoms with van der Waals surface area (Å²) in [6, 6.07) is 9.17. The van der Waals surface area contributed by atoms with Crippen molar-refractivity contribution in [3.05, 3.63) is 52.8 Å². The highest BCUT2D eigenvalue weighted by Gasteiger charge is 2.29. The third-order valence-electron chi connectivity index (χ3n) is 5.46. The average molecular weight is 519 g/mol. The van der Waals surface area contributed by atoms with Gasteiger partial charge in [-0.25, -0.2) is 4.79 Å². The first-order chi connectivity index (χ1) is 16.8. The Kier molecular flexibility index (Phi) is 8.26. The second kappa shape index (κ2) is 11.4. The molecule has 2 aromatic heterocycles. The standard InChI is InChI=1S/C23H30N6O4S2/c1-23(2,24)20(30)25-18(14-32-12-16-6-4-3-5-7-16)19-26-27-21-29(19)17(15-35-21)13-33-22(31)28-8-10-34-11-9-28/h3-7,15,18H,8-14,24H2,1-2H3,(H,25,30)/t18-/m1/s1. The summed E-state index contributed by atoms with van der Waals surface area (Å²) in [7, 11) is 0. The number of amides is 2. The van der Waals surface area contributed by atoms with Crippen LogP contribution >= 0.6 is 23.1 Å². The summed E-state index contributed by atoms with van der Waals surface area (Å²) in [5, 5.41) is 13.4. The highest BCUT2D eigenvalue weighted by molar-refractivity contribution is 7.99. The number of thiazole rings is 1. The molecule has 0 unspecified atom stereocenters. The smallest absolute Gasteiger partial charge is 0.410 e. The molecule has 2 amide bonds. The van der Waals surface area contributed by atoms with E-state index in [-0.39, 0.29) is 25.2 Å². The summed E-state index contributed by atoms with van der Waals surface area (Å²) in [6.07, 6.45) is -0.333. The summed E-state index contributed by atoms with van der Waals surface area (Å²) in [5.41, 5.74) is 6.67. The maximum absolute atomic E-state index is 12.7. The molecule has 1 aromatic carbocycles. The van der Waals surface area contributed by atoms with Gasteiger partial charge in [-0.1, -0.05) is 30.3 Å². The number of nitrogens with one attached hydrogen (secondary N) is 1. The number of fused-ring (bicyclic) bond motifs is 1. The van der Waals surface area contributed by atoms with Crippen molar-refractivity contribution in [1.82, 2.24) is 24.8 Å². The van der Waals surface area contributed by atoms with E-state index in [9.17, 15) is 9.59 Å². The van der Waals surface area contributed by atoms with Crippen LogP contribution in [0, 0.1) is 0 Å². The fourth-order valence-electron chi connectivity index (χ4n) is 3.49. The molecule has 0 radical (unpaired) electrons. The Balaban J connectivity index is 1.51. The van der Waals surface area contributed by atoms with Crippen molar-refractivity contribution in [2.75, 3.05) is 31.2 Å². The third-order valence-corrected chi connectivity index (χ3v) is 7.26. The first kappa shape index (κ1) is 25.4. The van der Waals surface area contributed by atoms with E-state index in [1.807, 2.05) is 51.9 Å². The number of nitrogens with two attached hydrogens (primary N) is 1. The molecule has 12 heteroatoms. The second-order valence-corrected chi connectivity index (χ2v) is 10.9. The highest BCUT2D eigenvalue weighted by atomic mass is 32.2. The van der Waals surface area contributed by atoms with E-state index in [1.54, 1.807) is 18.7 Å². The summed E-state index contributed by atoms with van der Waals surface area (Å²) in [6.45, 7) is 5.25. The lowest BCUT2D eigenvalue weighted by Gasteiger charge is -2.25. The maximum Gasteiger partial charge on any atom is 0.410 e. The number of hydrogen-bond donors (Lipinski definition) is 2.